The zero-order valence-corrected chi connectivity index (χ0v) is 15.8. The van der Waals surface area contributed by atoms with E-state index in [1.165, 1.54) is 18.2 Å². The summed E-state index contributed by atoms with van der Waals surface area (Å²) in [5.41, 5.74) is -0.261. The molecule has 1 aromatic carbocycles. The lowest BCUT2D eigenvalue weighted by Gasteiger charge is -2.33. The molecule has 2 aromatic heterocycles. The summed E-state index contributed by atoms with van der Waals surface area (Å²) in [6.07, 6.45) is -3.62. The van der Waals surface area contributed by atoms with E-state index in [4.69, 9.17) is 4.74 Å². The first-order chi connectivity index (χ1) is 13.9. The van der Waals surface area contributed by atoms with Gasteiger partial charge in [-0.05, 0) is 24.3 Å². The zero-order chi connectivity index (χ0) is 20.4. The van der Waals surface area contributed by atoms with Crippen LogP contribution in [0, 0.1) is 0 Å². The van der Waals surface area contributed by atoms with E-state index in [-0.39, 0.29) is 16.7 Å². The lowest BCUT2D eigenvalue weighted by molar-refractivity contribution is -0.139. The summed E-state index contributed by atoms with van der Waals surface area (Å²) in [5.74, 6) is 0.520. The molecule has 0 radical (unpaired) electrons. The number of aromatic nitrogens is 4. The number of H-pyrrole nitrogens is 1. The van der Waals surface area contributed by atoms with Gasteiger partial charge >= 0.3 is 11.0 Å². The third-order valence-electron chi connectivity index (χ3n) is 4.56. The highest BCUT2D eigenvalue weighted by Crippen LogP contribution is 2.37. The van der Waals surface area contributed by atoms with Crippen molar-refractivity contribution in [2.24, 2.45) is 0 Å². The van der Waals surface area contributed by atoms with Crippen molar-refractivity contribution in [1.82, 2.24) is 20.4 Å². The van der Waals surface area contributed by atoms with E-state index in [0.717, 1.165) is 17.4 Å². The van der Waals surface area contributed by atoms with E-state index >= 15 is 0 Å². The highest BCUT2D eigenvalue weighted by atomic mass is 32.1. The quantitative estimate of drug-likeness (QED) is 0.693. The third kappa shape index (κ3) is 4.39. The van der Waals surface area contributed by atoms with Crippen LogP contribution in [0.3, 0.4) is 0 Å². The van der Waals surface area contributed by atoms with Crippen molar-refractivity contribution in [1.29, 1.82) is 0 Å². The van der Waals surface area contributed by atoms with Gasteiger partial charge in [0.25, 0.3) is 0 Å². The van der Waals surface area contributed by atoms with Crippen LogP contribution in [0.2, 0.25) is 0 Å². The van der Waals surface area contributed by atoms with Gasteiger partial charge in [-0.2, -0.15) is 18.3 Å². The molecular weight excluding hydrogens is 407 g/mol. The molecule has 1 N–H and O–H groups in total. The number of anilines is 1. The van der Waals surface area contributed by atoms with Crippen molar-refractivity contribution < 1.29 is 17.9 Å². The van der Waals surface area contributed by atoms with Gasteiger partial charge in [-0.1, -0.05) is 23.5 Å². The topological polar surface area (TPSA) is 84.0 Å². The Labute approximate surface area is 167 Å². The predicted molar refractivity (Wildman–Crippen MR) is 101 cm³/mol. The Hall–Kier alpha value is -2.95. The molecule has 3 aromatic rings. The van der Waals surface area contributed by atoms with Crippen molar-refractivity contribution >= 4 is 17.2 Å². The number of benzene rings is 1. The molecule has 4 rings (SSSR count). The van der Waals surface area contributed by atoms with Gasteiger partial charge in [-0.3, -0.25) is 4.79 Å². The molecule has 11 heteroatoms. The number of aromatic amines is 1. The first-order valence-electron chi connectivity index (χ1n) is 8.87. The van der Waals surface area contributed by atoms with E-state index in [2.05, 4.69) is 20.4 Å². The maximum atomic E-state index is 13.1. The largest absolute Gasteiger partial charge is 0.490 e. The lowest BCUT2D eigenvalue weighted by Crippen LogP contribution is -2.39. The average molecular weight is 423 g/mol. The number of nitrogens with one attached hydrogen (secondary N) is 1. The molecule has 1 aliphatic heterocycles. The molecule has 0 saturated carbocycles. The summed E-state index contributed by atoms with van der Waals surface area (Å²) in [6, 6.07) is 8.78. The van der Waals surface area contributed by atoms with Crippen LogP contribution >= 0.6 is 11.3 Å². The van der Waals surface area contributed by atoms with Gasteiger partial charge in [0.1, 0.15) is 17.5 Å². The highest BCUT2D eigenvalue weighted by Gasteiger charge is 2.35. The molecule has 0 aliphatic carbocycles. The Bertz CT molecular complexity index is 1030. The van der Waals surface area contributed by atoms with Crippen molar-refractivity contribution in [3.05, 3.63) is 51.6 Å². The van der Waals surface area contributed by atoms with Crippen molar-refractivity contribution in [2.45, 2.75) is 25.1 Å². The van der Waals surface area contributed by atoms with Gasteiger partial charge in [0.05, 0.1) is 5.56 Å². The van der Waals surface area contributed by atoms with Crippen molar-refractivity contribution in [3.63, 3.8) is 0 Å². The Morgan fingerprint density at radius 3 is 2.48 bits per heavy atom. The zero-order valence-electron chi connectivity index (χ0n) is 15.0. The van der Waals surface area contributed by atoms with Crippen LogP contribution in [-0.4, -0.2) is 39.6 Å². The van der Waals surface area contributed by atoms with Crippen LogP contribution < -0.4 is 14.5 Å². The second-order valence-corrected chi connectivity index (χ2v) is 7.45. The summed E-state index contributed by atoms with van der Waals surface area (Å²) in [4.78, 5) is 12.9. The Morgan fingerprint density at radius 1 is 1.10 bits per heavy atom. The number of para-hydroxylation sites is 1. The van der Waals surface area contributed by atoms with E-state index in [1.54, 1.807) is 12.1 Å². The van der Waals surface area contributed by atoms with E-state index in [0.29, 0.717) is 42.5 Å². The fourth-order valence-corrected chi connectivity index (χ4v) is 3.70. The standard InChI is InChI=1S/C18H16F3N5O2S/c19-18(20,21)12-3-1-2-4-14(12)28-11-7-9-26(10-8-11)15-6-5-13(22-23-15)16-24-25-17(27)29-16/h1-6,11H,7-10H2,(H,25,27). The number of rotatable bonds is 4. The predicted octanol–water partition coefficient (Wildman–Crippen LogP) is 3.36. The minimum atomic E-state index is -4.45. The molecule has 152 valence electrons. The molecule has 29 heavy (non-hydrogen) atoms. The van der Waals surface area contributed by atoms with E-state index in [1.807, 2.05) is 4.90 Å². The molecule has 0 atom stereocenters. The highest BCUT2D eigenvalue weighted by molar-refractivity contribution is 7.12. The van der Waals surface area contributed by atoms with Gasteiger partial charge in [0, 0.05) is 25.9 Å². The molecule has 0 bridgehead atoms. The summed E-state index contributed by atoms with van der Waals surface area (Å²) in [6.45, 7) is 1.17. The fraction of sp³-hybridized carbons (Fsp3) is 0.333. The van der Waals surface area contributed by atoms with E-state index < -0.39 is 11.7 Å². The number of halogens is 3. The lowest BCUT2D eigenvalue weighted by atomic mass is 10.1. The van der Waals surface area contributed by atoms with Crippen LogP contribution in [0.25, 0.3) is 10.7 Å². The Kier molecular flexibility index (Phi) is 5.22. The molecule has 3 heterocycles. The molecule has 1 saturated heterocycles. The first kappa shape index (κ1) is 19.4. The number of piperidine rings is 1. The minimum Gasteiger partial charge on any atom is -0.490 e. The number of alkyl halides is 3. The average Bonchev–Trinajstić information content (AvgIpc) is 3.15. The van der Waals surface area contributed by atoms with Crippen molar-refractivity contribution in [2.75, 3.05) is 18.0 Å². The monoisotopic (exact) mass is 423 g/mol. The fourth-order valence-electron chi connectivity index (χ4n) is 3.13. The summed E-state index contributed by atoms with van der Waals surface area (Å²) < 4.78 is 45.0. The Balaban J connectivity index is 1.38. The van der Waals surface area contributed by atoms with Crippen molar-refractivity contribution in [3.8, 4) is 16.5 Å². The van der Waals surface area contributed by atoms with Crippen LogP contribution in [0.5, 0.6) is 5.75 Å². The molecular formula is C18H16F3N5O2S. The van der Waals surface area contributed by atoms with Crippen LogP contribution in [0.1, 0.15) is 18.4 Å². The second kappa shape index (κ2) is 7.82. The van der Waals surface area contributed by atoms with Gasteiger partial charge in [-0.15, -0.1) is 10.2 Å². The summed E-state index contributed by atoms with van der Waals surface area (Å²) in [5, 5.41) is 15.0. The van der Waals surface area contributed by atoms with Crippen LogP contribution in [0.15, 0.2) is 41.2 Å². The number of nitrogens with zero attached hydrogens (tertiary/aromatic N) is 4. The van der Waals surface area contributed by atoms with Gasteiger partial charge in [-0.25, -0.2) is 5.10 Å². The maximum Gasteiger partial charge on any atom is 0.419 e. The number of hydrogen-bond acceptors (Lipinski definition) is 7. The van der Waals surface area contributed by atoms with Gasteiger partial charge < -0.3 is 9.64 Å². The molecule has 0 spiro atoms. The van der Waals surface area contributed by atoms with Crippen LogP contribution in [-0.2, 0) is 6.18 Å². The smallest absolute Gasteiger partial charge is 0.419 e. The number of ether oxygens (including phenoxy) is 1. The minimum absolute atomic E-state index is 0.138. The summed E-state index contributed by atoms with van der Waals surface area (Å²) in [7, 11) is 0. The number of hydrogen-bond donors (Lipinski definition) is 1. The third-order valence-corrected chi connectivity index (χ3v) is 5.33. The summed E-state index contributed by atoms with van der Waals surface area (Å²) >= 11 is 0.951. The normalized spacial score (nSPS) is 15.5. The molecule has 0 unspecified atom stereocenters. The Morgan fingerprint density at radius 2 is 1.86 bits per heavy atom. The molecule has 0 amide bonds. The molecule has 1 fully saturated rings. The molecule has 1 aliphatic rings. The van der Waals surface area contributed by atoms with Gasteiger partial charge in [0.15, 0.2) is 10.8 Å². The van der Waals surface area contributed by atoms with E-state index in [9.17, 15) is 18.0 Å². The maximum absolute atomic E-state index is 13.1. The first-order valence-corrected chi connectivity index (χ1v) is 9.69. The van der Waals surface area contributed by atoms with Gasteiger partial charge in [0.2, 0.25) is 0 Å². The SMILES string of the molecule is O=c1[nH]nc(-c2ccc(N3CCC(Oc4ccccc4C(F)(F)F)CC3)nn2)s1. The van der Waals surface area contributed by atoms with Crippen LogP contribution in [0.4, 0.5) is 19.0 Å². The molecule has 7 nitrogen and oxygen atoms in total. The second-order valence-electron chi connectivity index (χ2n) is 6.49.